The summed E-state index contributed by atoms with van der Waals surface area (Å²) in [5.41, 5.74) is 8.18. The van der Waals surface area contributed by atoms with Crippen LogP contribution in [-0.4, -0.2) is 47.3 Å². The second-order valence-electron chi connectivity index (χ2n) is 4.86. The molecule has 1 aromatic heterocycles. The second kappa shape index (κ2) is 5.49. The first kappa shape index (κ1) is 12.9. The van der Waals surface area contributed by atoms with Gasteiger partial charge in [-0.3, -0.25) is 4.90 Å². The SMILES string of the molecule is N#Cc1cccc2c1nc(N)n2CCN1CCOCC1. The lowest BCUT2D eigenvalue weighted by Crippen LogP contribution is -2.38. The number of rotatable bonds is 3. The van der Waals surface area contributed by atoms with Gasteiger partial charge in [-0.2, -0.15) is 5.26 Å². The normalized spacial score (nSPS) is 16.4. The predicted octanol–water partition coefficient (Wildman–Crippen LogP) is 0.822. The summed E-state index contributed by atoms with van der Waals surface area (Å²) in [7, 11) is 0. The first-order valence-corrected chi connectivity index (χ1v) is 6.74. The Labute approximate surface area is 117 Å². The van der Waals surface area contributed by atoms with E-state index in [-0.39, 0.29) is 0 Å². The van der Waals surface area contributed by atoms with Gasteiger partial charge in [0.15, 0.2) is 0 Å². The van der Waals surface area contributed by atoms with Gasteiger partial charge in [0.2, 0.25) is 5.95 Å². The standard InChI is InChI=1S/C14H17N5O/c15-10-11-2-1-3-12-13(11)17-14(16)19(12)5-4-18-6-8-20-9-7-18/h1-3H,4-9H2,(H2,16,17). The van der Waals surface area contributed by atoms with Crippen LogP contribution in [0.4, 0.5) is 5.95 Å². The van der Waals surface area contributed by atoms with Gasteiger partial charge in [-0.15, -0.1) is 0 Å². The number of ether oxygens (including phenoxy) is 1. The fraction of sp³-hybridized carbons (Fsp3) is 0.429. The molecule has 2 aromatic rings. The summed E-state index contributed by atoms with van der Waals surface area (Å²) >= 11 is 0. The molecule has 6 nitrogen and oxygen atoms in total. The quantitative estimate of drug-likeness (QED) is 0.894. The van der Waals surface area contributed by atoms with Crippen molar-refractivity contribution in [1.29, 1.82) is 5.26 Å². The second-order valence-corrected chi connectivity index (χ2v) is 4.86. The van der Waals surface area contributed by atoms with Crippen molar-refractivity contribution in [2.45, 2.75) is 6.54 Å². The minimum Gasteiger partial charge on any atom is -0.379 e. The van der Waals surface area contributed by atoms with Gasteiger partial charge in [0.25, 0.3) is 0 Å². The zero-order valence-electron chi connectivity index (χ0n) is 11.2. The fourth-order valence-corrected chi connectivity index (χ4v) is 2.56. The summed E-state index contributed by atoms with van der Waals surface area (Å²) in [4.78, 5) is 6.67. The van der Waals surface area contributed by atoms with Gasteiger partial charge in [0.05, 0.1) is 24.3 Å². The van der Waals surface area contributed by atoms with Crippen LogP contribution in [-0.2, 0) is 11.3 Å². The van der Waals surface area contributed by atoms with Crippen LogP contribution >= 0.6 is 0 Å². The van der Waals surface area contributed by atoms with Crippen molar-refractivity contribution < 1.29 is 4.74 Å². The topological polar surface area (TPSA) is 80.1 Å². The highest BCUT2D eigenvalue weighted by atomic mass is 16.5. The molecule has 2 N–H and O–H groups in total. The van der Waals surface area contributed by atoms with Gasteiger partial charge in [-0.25, -0.2) is 4.98 Å². The molecule has 0 aliphatic carbocycles. The number of fused-ring (bicyclic) bond motifs is 1. The number of nitrogen functional groups attached to an aromatic ring is 1. The summed E-state index contributed by atoms with van der Waals surface area (Å²) in [5.74, 6) is 0.468. The van der Waals surface area contributed by atoms with Gasteiger partial charge < -0.3 is 15.0 Å². The van der Waals surface area contributed by atoms with E-state index in [0.717, 1.165) is 44.9 Å². The van der Waals surface area contributed by atoms with E-state index >= 15 is 0 Å². The Hall–Kier alpha value is -2.10. The van der Waals surface area contributed by atoms with Crippen LogP contribution in [0.25, 0.3) is 11.0 Å². The highest BCUT2D eigenvalue weighted by Crippen LogP contribution is 2.21. The van der Waals surface area contributed by atoms with Crippen LogP contribution in [0.5, 0.6) is 0 Å². The summed E-state index contributed by atoms with van der Waals surface area (Å²) in [6.45, 7) is 5.18. The zero-order chi connectivity index (χ0) is 13.9. The number of anilines is 1. The van der Waals surface area contributed by atoms with E-state index in [2.05, 4.69) is 16.0 Å². The lowest BCUT2D eigenvalue weighted by atomic mass is 10.2. The molecule has 1 fully saturated rings. The molecule has 0 unspecified atom stereocenters. The van der Waals surface area contributed by atoms with Gasteiger partial charge in [0, 0.05) is 26.2 Å². The molecule has 0 radical (unpaired) electrons. The van der Waals surface area contributed by atoms with E-state index < -0.39 is 0 Å². The Kier molecular flexibility index (Phi) is 3.54. The van der Waals surface area contributed by atoms with Crippen molar-refractivity contribution >= 4 is 17.0 Å². The Morgan fingerprint density at radius 3 is 2.85 bits per heavy atom. The summed E-state index contributed by atoms with van der Waals surface area (Å²) in [6.07, 6.45) is 0. The average molecular weight is 271 g/mol. The van der Waals surface area contributed by atoms with Crippen molar-refractivity contribution in [3.05, 3.63) is 23.8 Å². The van der Waals surface area contributed by atoms with Gasteiger partial charge in [0.1, 0.15) is 11.6 Å². The lowest BCUT2D eigenvalue weighted by Gasteiger charge is -2.26. The molecular formula is C14H17N5O. The number of hydrogen-bond donors (Lipinski definition) is 1. The van der Waals surface area contributed by atoms with E-state index in [1.54, 1.807) is 6.07 Å². The van der Waals surface area contributed by atoms with Crippen LogP contribution in [0.3, 0.4) is 0 Å². The molecule has 1 aliphatic heterocycles. The monoisotopic (exact) mass is 271 g/mol. The summed E-state index contributed by atoms with van der Waals surface area (Å²) in [6, 6.07) is 7.75. The third-order valence-corrected chi connectivity index (χ3v) is 3.67. The maximum atomic E-state index is 9.11. The Morgan fingerprint density at radius 2 is 2.10 bits per heavy atom. The zero-order valence-corrected chi connectivity index (χ0v) is 11.2. The third-order valence-electron chi connectivity index (χ3n) is 3.67. The Bertz CT molecular complexity index is 651. The predicted molar refractivity (Wildman–Crippen MR) is 76.1 cm³/mol. The number of para-hydroxylation sites is 1. The number of morpholine rings is 1. The minimum absolute atomic E-state index is 0.468. The maximum absolute atomic E-state index is 9.11. The molecule has 0 amide bonds. The van der Waals surface area contributed by atoms with Gasteiger partial charge in [-0.05, 0) is 12.1 Å². The lowest BCUT2D eigenvalue weighted by molar-refractivity contribution is 0.0366. The van der Waals surface area contributed by atoms with Crippen molar-refractivity contribution in [2.75, 3.05) is 38.6 Å². The molecule has 0 bridgehead atoms. The summed E-state index contributed by atoms with van der Waals surface area (Å²) < 4.78 is 7.32. The van der Waals surface area contributed by atoms with Crippen LogP contribution in [0.2, 0.25) is 0 Å². The number of hydrogen-bond acceptors (Lipinski definition) is 5. The molecule has 6 heteroatoms. The van der Waals surface area contributed by atoms with Crippen LogP contribution < -0.4 is 5.73 Å². The number of imidazole rings is 1. The number of nitrogens with zero attached hydrogens (tertiary/aromatic N) is 4. The van der Waals surface area contributed by atoms with E-state index in [0.29, 0.717) is 17.0 Å². The van der Waals surface area contributed by atoms with Gasteiger partial charge in [-0.1, -0.05) is 6.07 Å². The molecule has 0 saturated carbocycles. The smallest absolute Gasteiger partial charge is 0.201 e. The molecule has 0 spiro atoms. The van der Waals surface area contributed by atoms with Crippen molar-refractivity contribution in [3.63, 3.8) is 0 Å². The van der Waals surface area contributed by atoms with E-state index in [1.165, 1.54) is 0 Å². The fourth-order valence-electron chi connectivity index (χ4n) is 2.56. The highest BCUT2D eigenvalue weighted by Gasteiger charge is 2.14. The molecule has 104 valence electrons. The first-order chi connectivity index (χ1) is 9.79. The molecular weight excluding hydrogens is 254 g/mol. The number of benzene rings is 1. The van der Waals surface area contributed by atoms with E-state index in [9.17, 15) is 0 Å². The Morgan fingerprint density at radius 1 is 1.30 bits per heavy atom. The molecule has 2 heterocycles. The molecule has 1 saturated heterocycles. The Balaban J connectivity index is 1.84. The van der Waals surface area contributed by atoms with Crippen LogP contribution in [0.15, 0.2) is 18.2 Å². The first-order valence-electron chi connectivity index (χ1n) is 6.74. The summed E-state index contributed by atoms with van der Waals surface area (Å²) in [5, 5.41) is 9.11. The average Bonchev–Trinajstić information content (AvgIpc) is 2.81. The van der Waals surface area contributed by atoms with Crippen molar-refractivity contribution in [2.24, 2.45) is 0 Å². The maximum Gasteiger partial charge on any atom is 0.201 e. The number of nitrogens with two attached hydrogens (primary N) is 1. The number of nitriles is 1. The molecule has 0 atom stereocenters. The largest absolute Gasteiger partial charge is 0.379 e. The van der Waals surface area contributed by atoms with Crippen molar-refractivity contribution in [3.8, 4) is 6.07 Å². The van der Waals surface area contributed by atoms with Crippen LogP contribution in [0.1, 0.15) is 5.56 Å². The minimum atomic E-state index is 0.468. The molecule has 1 aliphatic rings. The molecule has 20 heavy (non-hydrogen) atoms. The van der Waals surface area contributed by atoms with Gasteiger partial charge >= 0.3 is 0 Å². The molecule has 3 rings (SSSR count). The number of aromatic nitrogens is 2. The highest BCUT2D eigenvalue weighted by molar-refractivity contribution is 5.83. The third kappa shape index (κ3) is 2.33. The van der Waals surface area contributed by atoms with Crippen LogP contribution in [0, 0.1) is 11.3 Å². The van der Waals surface area contributed by atoms with E-state index in [4.69, 9.17) is 15.7 Å². The van der Waals surface area contributed by atoms with Crippen molar-refractivity contribution in [1.82, 2.24) is 14.5 Å². The van der Waals surface area contributed by atoms with E-state index in [1.807, 2.05) is 16.7 Å². The molecule has 1 aromatic carbocycles.